The van der Waals surface area contributed by atoms with Crippen LogP contribution in [0.4, 0.5) is 0 Å². The number of rotatable bonds is 0. The molecule has 110 valence electrons. The van der Waals surface area contributed by atoms with E-state index in [1.807, 2.05) is 66.7 Å². The predicted octanol–water partition coefficient (Wildman–Crippen LogP) is 4.36. The minimum Gasteiger partial charge on any atom is -0.192 e. The molecule has 0 saturated heterocycles. The highest BCUT2D eigenvalue weighted by atomic mass is 14.2. The van der Waals surface area contributed by atoms with Crippen molar-refractivity contribution < 1.29 is 0 Å². The van der Waals surface area contributed by atoms with Crippen molar-refractivity contribution in [1.29, 1.82) is 5.26 Å². The smallest absolute Gasteiger partial charge is 0.0991 e. The molecule has 0 heterocycles. The Labute approximate surface area is 142 Å². The molecule has 0 aliphatic rings. The lowest BCUT2D eigenvalue weighted by Crippen LogP contribution is -1.79. The van der Waals surface area contributed by atoms with Crippen LogP contribution in [0.25, 0.3) is 0 Å². The molecule has 0 aliphatic carbocycles. The van der Waals surface area contributed by atoms with Crippen LogP contribution < -0.4 is 0 Å². The lowest BCUT2D eigenvalue weighted by Gasteiger charge is -1.93. The number of hydrogen-bond acceptors (Lipinski definition) is 1. The van der Waals surface area contributed by atoms with Crippen molar-refractivity contribution in [2.45, 2.75) is 0 Å². The SMILES string of the molecule is N#Cc1ccc(C#Cc2ccc(C#Cc3ccccc3)cc2)cc1. The highest BCUT2D eigenvalue weighted by molar-refractivity contribution is 5.48. The Morgan fingerprint density at radius 1 is 0.417 bits per heavy atom. The first-order valence-electron chi connectivity index (χ1n) is 7.53. The Kier molecular flexibility index (Phi) is 4.75. The number of nitrogens with zero attached hydrogens (tertiary/aromatic N) is 1. The maximum Gasteiger partial charge on any atom is 0.0991 e. The fourth-order valence-electron chi connectivity index (χ4n) is 2.08. The predicted molar refractivity (Wildman–Crippen MR) is 96.0 cm³/mol. The second kappa shape index (κ2) is 7.51. The molecule has 0 spiro atoms. The Hall–Kier alpha value is -3.73. The molecule has 0 N–H and O–H groups in total. The van der Waals surface area contributed by atoms with Crippen LogP contribution in [-0.4, -0.2) is 0 Å². The van der Waals surface area contributed by atoms with Crippen molar-refractivity contribution in [2.75, 3.05) is 0 Å². The van der Waals surface area contributed by atoms with E-state index in [1.54, 1.807) is 12.1 Å². The van der Waals surface area contributed by atoms with Crippen molar-refractivity contribution >= 4 is 0 Å². The third-order valence-corrected chi connectivity index (χ3v) is 3.38. The minimum absolute atomic E-state index is 0.641. The summed E-state index contributed by atoms with van der Waals surface area (Å²) in [6.45, 7) is 0. The second-order valence-corrected chi connectivity index (χ2v) is 5.13. The summed E-state index contributed by atoms with van der Waals surface area (Å²) in [7, 11) is 0. The van der Waals surface area contributed by atoms with Crippen molar-refractivity contribution in [3.63, 3.8) is 0 Å². The van der Waals surface area contributed by atoms with E-state index in [9.17, 15) is 0 Å². The quantitative estimate of drug-likeness (QED) is 0.566. The van der Waals surface area contributed by atoms with Gasteiger partial charge < -0.3 is 0 Å². The van der Waals surface area contributed by atoms with Gasteiger partial charge in [-0.25, -0.2) is 0 Å². The molecule has 0 radical (unpaired) electrons. The van der Waals surface area contributed by atoms with Gasteiger partial charge in [-0.3, -0.25) is 0 Å². The van der Waals surface area contributed by atoms with Crippen LogP contribution in [0.2, 0.25) is 0 Å². The van der Waals surface area contributed by atoms with Gasteiger partial charge in [0.2, 0.25) is 0 Å². The summed E-state index contributed by atoms with van der Waals surface area (Å²) in [5.74, 6) is 12.5. The Morgan fingerprint density at radius 3 is 1.12 bits per heavy atom. The van der Waals surface area contributed by atoms with Gasteiger partial charge in [-0.1, -0.05) is 41.9 Å². The van der Waals surface area contributed by atoms with Crippen LogP contribution in [0, 0.1) is 35.0 Å². The van der Waals surface area contributed by atoms with E-state index >= 15 is 0 Å². The molecule has 0 aromatic heterocycles. The fourth-order valence-corrected chi connectivity index (χ4v) is 2.08. The van der Waals surface area contributed by atoms with E-state index in [4.69, 9.17) is 5.26 Å². The highest BCUT2D eigenvalue weighted by Gasteiger charge is 1.91. The Bertz CT molecular complexity index is 982. The molecule has 0 bridgehead atoms. The largest absolute Gasteiger partial charge is 0.192 e. The van der Waals surface area contributed by atoms with Crippen LogP contribution in [0.3, 0.4) is 0 Å². The summed E-state index contributed by atoms with van der Waals surface area (Å²) in [6.07, 6.45) is 0. The molecular weight excluding hydrogens is 290 g/mol. The molecule has 0 amide bonds. The molecule has 0 atom stereocenters. The zero-order valence-electron chi connectivity index (χ0n) is 13.0. The third kappa shape index (κ3) is 4.14. The van der Waals surface area contributed by atoms with E-state index in [0.29, 0.717) is 5.56 Å². The molecule has 0 fully saturated rings. The van der Waals surface area contributed by atoms with Gasteiger partial charge in [-0.2, -0.15) is 5.26 Å². The van der Waals surface area contributed by atoms with E-state index in [1.165, 1.54) is 0 Å². The number of nitriles is 1. The van der Waals surface area contributed by atoms with Crippen molar-refractivity contribution in [1.82, 2.24) is 0 Å². The molecule has 1 nitrogen and oxygen atoms in total. The first-order chi connectivity index (χ1) is 11.8. The Morgan fingerprint density at radius 2 is 0.750 bits per heavy atom. The average Bonchev–Trinajstić information content (AvgIpc) is 2.67. The molecule has 0 unspecified atom stereocenters. The van der Waals surface area contributed by atoms with E-state index in [0.717, 1.165) is 22.3 Å². The van der Waals surface area contributed by atoms with E-state index < -0.39 is 0 Å². The van der Waals surface area contributed by atoms with Crippen LogP contribution in [0.1, 0.15) is 27.8 Å². The molecule has 0 saturated carbocycles. The van der Waals surface area contributed by atoms with Gasteiger partial charge in [0.25, 0.3) is 0 Å². The summed E-state index contributed by atoms with van der Waals surface area (Å²) in [5.41, 5.74) is 4.43. The molecule has 3 aromatic carbocycles. The van der Waals surface area contributed by atoms with E-state index in [-0.39, 0.29) is 0 Å². The van der Waals surface area contributed by atoms with Crippen LogP contribution >= 0.6 is 0 Å². The third-order valence-electron chi connectivity index (χ3n) is 3.38. The maximum atomic E-state index is 8.78. The molecule has 3 rings (SSSR count). The summed E-state index contributed by atoms with van der Waals surface area (Å²) in [4.78, 5) is 0. The highest BCUT2D eigenvalue weighted by Crippen LogP contribution is 2.05. The summed E-state index contributed by atoms with van der Waals surface area (Å²) in [6, 6.07) is 27.1. The topological polar surface area (TPSA) is 23.8 Å². The monoisotopic (exact) mass is 303 g/mol. The first-order valence-corrected chi connectivity index (χ1v) is 7.53. The zero-order valence-corrected chi connectivity index (χ0v) is 13.0. The van der Waals surface area contributed by atoms with Gasteiger partial charge in [-0.15, -0.1) is 0 Å². The first kappa shape index (κ1) is 15.2. The average molecular weight is 303 g/mol. The van der Waals surface area contributed by atoms with Gasteiger partial charge in [0, 0.05) is 22.3 Å². The zero-order chi connectivity index (χ0) is 16.6. The van der Waals surface area contributed by atoms with Crippen LogP contribution in [0.5, 0.6) is 0 Å². The molecular formula is C23H13N. The van der Waals surface area contributed by atoms with Crippen molar-refractivity contribution in [3.05, 3.63) is 107 Å². The van der Waals surface area contributed by atoms with Crippen LogP contribution in [0.15, 0.2) is 78.9 Å². The number of hydrogen-bond donors (Lipinski definition) is 0. The lowest BCUT2D eigenvalue weighted by atomic mass is 10.1. The van der Waals surface area contributed by atoms with Crippen LogP contribution in [-0.2, 0) is 0 Å². The summed E-state index contributed by atoms with van der Waals surface area (Å²) < 4.78 is 0. The summed E-state index contributed by atoms with van der Waals surface area (Å²) >= 11 is 0. The fraction of sp³-hybridized carbons (Fsp3) is 0. The minimum atomic E-state index is 0.641. The summed E-state index contributed by atoms with van der Waals surface area (Å²) in [5, 5.41) is 8.78. The van der Waals surface area contributed by atoms with Gasteiger partial charge in [-0.05, 0) is 60.7 Å². The Balaban J connectivity index is 1.72. The van der Waals surface area contributed by atoms with Crippen molar-refractivity contribution in [2.24, 2.45) is 0 Å². The van der Waals surface area contributed by atoms with Gasteiger partial charge in [0.05, 0.1) is 11.6 Å². The molecule has 1 heteroatoms. The van der Waals surface area contributed by atoms with E-state index in [2.05, 4.69) is 29.8 Å². The second-order valence-electron chi connectivity index (χ2n) is 5.13. The molecule has 3 aromatic rings. The standard InChI is InChI=1S/C23H13N/c24-18-23-16-14-22(15-17-23)13-12-21-10-8-20(9-11-21)7-6-19-4-2-1-3-5-19/h1-5,8-11,14-17H. The number of benzene rings is 3. The lowest BCUT2D eigenvalue weighted by molar-refractivity contribution is 1.48. The molecule has 24 heavy (non-hydrogen) atoms. The van der Waals surface area contributed by atoms with Gasteiger partial charge >= 0.3 is 0 Å². The van der Waals surface area contributed by atoms with Gasteiger partial charge in [0.1, 0.15) is 0 Å². The van der Waals surface area contributed by atoms with Gasteiger partial charge in [0.15, 0.2) is 0 Å². The van der Waals surface area contributed by atoms with Crippen molar-refractivity contribution in [3.8, 4) is 29.8 Å². The molecule has 0 aliphatic heterocycles. The maximum absolute atomic E-state index is 8.78. The normalized spacial score (nSPS) is 8.96.